The normalized spacial score (nSPS) is 17.4. The second kappa shape index (κ2) is 7.50. The largest absolute Gasteiger partial charge is 0.464 e. The summed E-state index contributed by atoms with van der Waals surface area (Å²) in [6.07, 6.45) is 0.732. The van der Waals surface area contributed by atoms with Gasteiger partial charge in [0.15, 0.2) is 0 Å². The van der Waals surface area contributed by atoms with E-state index in [1.165, 1.54) is 17.5 Å². The molecule has 0 aromatic heterocycles. The summed E-state index contributed by atoms with van der Waals surface area (Å²) in [5.74, 6) is -0.163. The fraction of sp³-hybridized carbons (Fsp3) is 0.350. The summed E-state index contributed by atoms with van der Waals surface area (Å²) in [5, 5.41) is 3.41. The Bertz CT molecular complexity index is 721. The van der Waals surface area contributed by atoms with Crippen LogP contribution in [0.15, 0.2) is 53.4 Å². The highest BCUT2D eigenvalue weighted by Crippen LogP contribution is 2.26. The van der Waals surface area contributed by atoms with Crippen molar-refractivity contribution < 1.29 is 9.53 Å². The van der Waals surface area contributed by atoms with E-state index in [0.717, 1.165) is 22.7 Å². The summed E-state index contributed by atoms with van der Waals surface area (Å²) < 4.78 is 8.10. The third-order valence-corrected chi connectivity index (χ3v) is 5.06. The number of rotatable bonds is 5. The molecule has 1 atom stereocenters. The molecule has 1 unspecified atom stereocenters. The van der Waals surface area contributed by atoms with Crippen molar-refractivity contribution in [2.45, 2.75) is 43.5 Å². The van der Waals surface area contributed by atoms with Gasteiger partial charge in [0.1, 0.15) is 6.04 Å². The number of anilines is 2. The van der Waals surface area contributed by atoms with Crippen LogP contribution < -0.4 is 10.0 Å². The molecule has 132 valence electrons. The van der Waals surface area contributed by atoms with Crippen LogP contribution >= 0.6 is 11.9 Å². The van der Waals surface area contributed by atoms with Gasteiger partial charge in [0.25, 0.3) is 0 Å². The number of ether oxygens (including phenoxy) is 1. The lowest BCUT2D eigenvalue weighted by Crippen LogP contribution is -2.27. The van der Waals surface area contributed by atoms with E-state index in [4.69, 9.17) is 4.74 Å². The van der Waals surface area contributed by atoms with Crippen LogP contribution in [-0.2, 0) is 14.9 Å². The number of benzene rings is 2. The van der Waals surface area contributed by atoms with E-state index < -0.39 is 0 Å². The van der Waals surface area contributed by atoms with E-state index in [9.17, 15) is 4.79 Å². The van der Waals surface area contributed by atoms with Gasteiger partial charge in [0, 0.05) is 22.7 Å². The van der Waals surface area contributed by atoms with E-state index in [-0.39, 0.29) is 17.4 Å². The lowest BCUT2D eigenvalue weighted by atomic mass is 9.87. The van der Waals surface area contributed by atoms with Gasteiger partial charge in [0.05, 0.1) is 6.61 Å². The second-order valence-corrected chi connectivity index (χ2v) is 8.12. The molecule has 2 N–H and O–H groups in total. The molecular formula is C20H24N2O2S. The second-order valence-electron chi connectivity index (χ2n) is 7.21. The minimum Gasteiger partial charge on any atom is -0.464 e. The molecule has 0 bridgehead atoms. The van der Waals surface area contributed by atoms with E-state index in [1.54, 1.807) is 0 Å². The molecule has 2 aromatic rings. The zero-order valence-corrected chi connectivity index (χ0v) is 15.7. The van der Waals surface area contributed by atoms with Crippen molar-refractivity contribution >= 4 is 29.3 Å². The summed E-state index contributed by atoms with van der Waals surface area (Å²) in [6, 6.07) is 16.5. The Morgan fingerprint density at radius 3 is 2.12 bits per heavy atom. The van der Waals surface area contributed by atoms with Crippen LogP contribution in [0.25, 0.3) is 0 Å². The van der Waals surface area contributed by atoms with Crippen LogP contribution in [0.5, 0.6) is 0 Å². The van der Waals surface area contributed by atoms with Crippen molar-refractivity contribution in [3.8, 4) is 0 Å². The van der Waals surface area contributed by atoms with Gasteiger partial charge in [-0.15, -0.1) is 0 Å². The Kier molecular flexibility index (Phi) is 5.35. The maximum Gasteiger partial charge on any atom is 0.324 e. The smallest absolute Gasteiger partial charge is 0.324 e. The standard InChI is InChI=1S/C20H24N2O2S/c1-20(2,3)14-4-6-15(7-5-14)21-16-8-10-17(11-9-16)25-22-18-12-13-24-19(18)23/h4-11,18,21-22H,12-13H2,1-3H3. The first-order valence-corrected chi connectivity index (χ1v) is 9.30. The third-order valence-electron chi connectivity index (χ3n) is 4.15. The fourth-order valence-electron chi connectivity index (χ4n) is 2.57. The SMILES string of the molecule is CC(C)(C)c1ccc(Nc2ccc(SNC3CCOC3=O)cc2)cc1. The van der Waals surface area contributed by atoms with Crippen LogP contribution in [0.3, 0.4) is 0 Å². The molecule has 2 aromatic carbocycles. The molecule has 1 saturated heterocycles. The molecule has 0 amide bonds. The number of nitrogens with one attached hydrogen (secondary N) is 2. The topological polar surface area (TPSA) is 50.4 Å². The van der Waals surface area contributed by atoms with Gasteiger partial charge >= 0.3 is 5.97 Å². The van der Waals surface area contributed by atoms with Gasteiger partial charge in [-0.2, -0.15) is 0 Å². The number of cyclic esters (lactones) is 1. The fourth-order valence-corrected chi connectivity index (χ4v) is 3.33. The first-order chi connectivity index (χ1) is 11.9. The van der Waals surface area contributed by atoms with Crippen molar-refractivity contribution in [1.82, 2.24) is 4.72 Å². The average Bonchev–Trinajstić information content (AvgIpc) is 2.99. The minimum atomic E-state index is -0.205. The van der Waals surface area contributed by atoms with Crippen molar-refractivity contribution in [1.29, 1.82) is 0 Å². The molecule has 1 aliphatic heterocycles. The van der Waals surface area contributed by atoms with Crippen LogP contribution in [0.1, 0.15) is 32.8 Å². The van der Waals surface area contributed by atoms with Gasteiger partial charge in [-0.05, 0) is 59.3 Å². The molecule has 25 heavy (non-hydrogen) atoms. The van der Waals surface area contributed by atoms with Crippen LogP contribution in [0.2, 0.25) is 0 Å². The molecule has 1 fully saturated rings. The Hall–Kier alpha value is -1.98. The molecule has 1 aliphatic rings. The first kappa shape index (κ1) is 17.8. The molecule has 5 heteroatoms. The number of carbonyl (C=O) groups is 1. The van der Waals surface area contributed by atoms with E-state index in [2.05, 4.69) is 55.1 Å². The van der Waals surface area contributed by atoms with E-state index in [0.29, 0.717) is 6.61 Å². The average molecular weight is 356 g/mol. The summed E-state index contributed by atoms with van der Waals surface area (Å²) in [6.45, 7) is 7.15. The molecule has 0 aliphatic carbocycles. The van der Waals surface area contributed by atoms with Crippen molar-refractivity contribution in [2.75, 3.05) is 11.9 Å². The number of esters is 1. The van der Waals surface area contributed by atoms with Gasteiger partial charge in [0.2, 0.25) is 0 Å². The highest BCUT2D eigenvalue weighted by molar-refractivity contribution is 7.97. The highest BCUT2D eigenvalue weighted by Gasteiger charge is 2.26. The Balaban J connectivity index is 1.56. The quantitative estimate of drug-likeness (QED) is 0.604. The van der Waals surface area contributed by atoms with Crippen molar-refractivity contribution in [3.05, 3.63) is 54.1 Å². The minimum absolute atomic E-state index is 0.163. The maximum absolute atomic E-state index is 11.4. The van der Waals surface area contributed by atoms with Gasteiger partial charge in [-0.25, -0.2) is 4.72 Å². The summed E-state index contributed by atoms with van der Waals surface area (Å²) in [4.78, 5) is 12.5. The predicted octanol–water partition coefficient (Wildman–Crippen LogP) is 4.64. The van der Waals surface area contributed by atoms with E-state index in [1.807, 2.05) is 24.3 Å². The van der Waals surface area contributed by atoms with Crippen molar-refractivity contribution in [2.24, 2.45) is 0 Å². The molecule has 4 nitrogen and oxygen atoms in total. The number of carbonyl (C=O) groups excluding carboxylic acids is 1. The Labute approximate surface area is 153 Å². The molecule has 0 radical (unpaired) electrons. The lowest BCUT2D eigenvalue weighted by Gasteiger charge is -2.19. The van der Waals surface area contributed by atoms with Gasteiger partial charge < -0.3 is 10.1 Å². The Morgan fingerprint density at radius 2 is 1.60 bits per heavy atom. The summed E-state index contributed by atoms with van der Waals surface area (Å²) in [5.41, 5.74) is 3.59. The molecule has 0 spiro atoms. The van der Waals surface area contributed by atoms with Gasteiger partial charge in [-0.3, -0.25) is 4.79 Å². The zero-order chi connectivity index (χ0) is 17.9. The van der Waals surface area contributed by atoms with Crippen molar-refractivity contribution in [3.63, 3.8) is 0 Å². The summed E-state index contributed by atoms with van der Waals surface area (Å²) >= 11 is 1.46. The number of hydrogen-bond acceptors (Lipinski definition) is 5. The molecule has 3 rings (SSSR count). The molecular weight excluding hydrogens is 332 g/mol. The third kappa shape index (κ3) is 4.77. The maximum atomic E-state index is 11.4. The van der Waals surface area contributed by atoms with Crippen LogP contribution in [-0.4, -0.2) is 18.6 Å². The summed E-state index contributed by atoms with van der Waals surface area (Å²) in [7, 11) is 0. The van der Waals surface area contributed by atoms with Crippen LogP contribution in [0, 0.1) is 0 Å². The lowest BCUT2D eigenvalue weighted by molar-refractivity contribution is -0.139. The van der Waals surface area contributed by atoms with Gasteiger partial charge in [-0.1, -0.05) is 32.9 Å². The Morgan fingerprint density at radius 1 is 1.00 bits per heavy atom. The number of hydrogen-bond donors (Lipinski definition) is 2. The predicted molar refractivity (Wildman–Crippen MR) is 103 cm³/mol. The van der Waals surface area contributed by atoms with E-state index >= 15 is 0 Å². The highest BCUT2D eigenvalue weighted by atomic mass is 32.2. The monoisotopic (exact) mass is 356 g/mol. The zero-order valence-electron chi connectivity index (χ0n) is 14.8. The molecule has 0 saturated carbocycles. The molecule has 1 heterocycles. The van der Waals surface area contributed by atoms with Crippen LogP contribution in [0.4, 0.5) is 11.4 Å². The first-order valence-electron chi connectivity index (χ1n) is 8.48.